The lowest BCUT2D eigenvalue weighted by Crippen LogP contribution is -2.51. The Hall–Kier alpha value is -2.98. The molecule has 12 heteroatoms. The summed E-state index contributed by atoms with van der Waals surface area (Å²) < 4.78 is 34.2. The first-order valence-corrected chi connectivity index (χ1v) is 15.1. The first-order chi connectivity index (χ1) is 19.0. The van der Waals surface area contributed by atoms with Gasteiger partial charge < -0.3 is 15.0 Å². The van der Waals surface area contributed by atoms with Crippen LogP contribution in [0, 0.1) is 0 Å². The van der Waals surface area contributed by atoms with Crippen molar-refractivity contribution in [2.75, 3.05) is 24.0 Å². The van der Waals surface area contributed by atoms with Gasteiger partial charge in [0.2, 0.25) is 11.8 Å². The number of carbonyl (C=O) groups excluding carboxylic acids is 2. The molecule has 0 radical (unpaired) electrons. The molecule has 0 saturated heterocycles. The molecular weight excluding hydrogens is 597 g/mol. The van der Waals surface area contributed by atoms with E-state index < -0.39 is 34.4 Å². The fourth-order valence-corrected chi connectivity index (χ4v) is 5.95. The van der Waals surface area contributed by atoms with Crippen molar-refractivity contribution in [1.82, 2.24) is 10.2 Å². The molecule has 0 saturated carbocycles. The molecule has 40 heavy (non-hydrogen) atoms. The van der Waals surface area contributed by atoms with Crippen LogP contribution in [0.1, 0.15) is 26.3 Å². The Balaban J connectivity index is 2.06. The zero-order chi connectivity index (χ0) is 29.4. The second-order valence-electron chi connectivity index (χ2n) is 8.68. The number of benzene rings is 3. The Labute approximate surface area is 249 Å². The van der Waals surface area contributed by atoms with Crippen LogP contribution >= 0.6 is 34.8 Å². The third kappa shape index (κ3) is 7.60. The molecule has 8 nitrogen and oxygen atoms in total. The number of anilines is 1. The number of ether oxygens (including phenoxy) is 1. The van der Waals surface area contributed by atoms with Crippen molar-refractivity contribution in [3.63, 3.8) is 0 Å². The number of hydrogen-bond donors (Lipinski definition) is 1. The molecule has 0 aliphatic heterocycles. The quantitative estimate of drug-likeness (QED) is 0.274. The van der Waals surface area contributed by atoms with Gasteiger partial charge in [-0.1, -0.05) is 40.9 Å². The Kier molecular flexibility index (Phi) is 11.1. The number of amides is 2. The van der Waals surface area contributed by atoms with Gasteiger partial charge in [0.05, 0.1) is 17.2 Å². The van der Waals surface area contributed by atoms with E-state index >= 15 is 0 Å². The van der Waals surface area contributed by atoms with E-state index in [9.17, 15) is 18.0 Å². The van der Waals surface area contributed by atoms with Crippen LogP contribution in [0.3, 0.4) is 0 Å². The second kappa shape index (κ2) is 14.1. The summed E-state index contributed by atoms with van der Waals surface area (Å²) in [5.41, 5.74) is 0.664. The van der Waals surface area contributed by atoms with E-state index in [1.807, 2.05) is 6.92 Å². The molecular formula is C28H30Cl3N3O5S. The van der Waals surface area contributed by atoms with Crippen LogP contribution in [0.2, 0.25) is 15.1 Å². The van der Waals surface area contributed by atoms with Gasteiger partial charge in [-0.3, -0.25) is 13.9 Å². The first-order valence-electron chi connectivity index (χ1n) is 12.5. The Morgan fingerprint density at radius 3 is 2.08 bits per heavy atom. The average molecular weight is 627 g/mol. The zero-order valence-corrected chi connectivity index (χ0v) is 25.3. The van der Waals surface area contributed by atoms with Gasteiger partial charge in [-0.05, 0) is 81.4 Å². The van der Waals surface area contributed by atoms with E-state index in [2.05, 4.69) is 5.32 Å². The van der Waals surface area contributed by atoms with Crippen LogP contribution in [0.25, 0.3) is 0 Å². The number of nitrogens with one attached hydrogen (secondary N) is 1. The maximum Gasteiger partial charge on any atom is 0.264 e. The minimum absolute atomic E-state index is 0.0592. The summed E-state index contributed by atoms with van der Waals surface area (Å²) in [7, 11) is -4.24. The smallest absolute Gasteiger partial charge is 0.264 e. The number of carbonyl (C=O) groups is 2. The predicted molar refractivity (Wildman–Crippen MR) is 159 cm³/mol. The van der Waals surface area contributed by atoms with E-state index in [4.69, 9.17) is 39.5 Å². The lowest BCUT2D eigenvalue weighted by Gasteiger charge is -2.32. The van der Waals surface area contributed by atoms with E-state index in [1.165, 1.54) is 29.2 Å². The Morgan fingerprint density at radius 2 is 1.52 bits per heavy atom. The molecule has 0 aromatic heterocycles. The van der Waals surface area contributed by atoms with Gasteiger partial charge in [-0.15, -0.1) is 0 Å². The van der Waals surface area contributed by atoms with Gasteiger partial charge in [0.1, 0.15) is 18.3 Å². The summed E-state index contributed by atoms with van der Waals surface area (Å²) in [5, 5.41) is 3.69. The van der Waals surface area contributed by atoms with Crippen molar-refractivity contribution >= 4 is 62.3 Å². The average Bonchev–Trinajstić information content (AvgIpc) is 2.92. The molecule has 3 aromatic rings. The molecule has 0 aliphatic carbocycles. The molecule has 0 fully saturated rings. The fourth-order valence-electron chi connectivity index (χ4n) is 3.90. The van der Waals surface area contributed by atoms with Crippen molar-refractivity contribution in [2.45, 2.75) is 38.3 Å². The van der Waals surface area contributed by atoms with Gasteiger partial charge in [0.15, 0.2) is 0 Å². The molecule has 0 bridgehead atoms. The van der Waals surface area contributed by atoms with Crippen molar-refractivity contribution in [1.29, 1.82) is 0 Å². The first kappa shape index (κ1) is 31.5. The topological polar surface area (TPSA) is 96.0 Å². The van der Waals surface area contributed by atoms with Crippen LogP contribution < -0.4 is 14.4 Å². The highest BCUT2D eigenvalue weighted by atomic mass is 35.5. The Morgan fingerprint density at radius 1 is 0.925 bits per heavy atom. The van der Waals surface area contributed by atoms with Crippen LogP contribution in [0.5, 0.6) is 5.75 Å². The predicted octanol–water partition coefficient (Wildman–Crippen LogP) is 5.79. The second-order valence-corrected chi connectivity index (χ2v) is 11.8. The van der Waals surface area contributed by atoms with Crippen LogP contribution in [0.4, 0.5) is 5.69 Å². The van der Waals surface area contributed by atoms with Crippen molar-refractivity contribution < 1.29 is 22.7 Å². The highest BCUT2D eigenvalue weighted by Crippen LogP contribution is 2.29. The monoisotopic (exact) mass is 625 g/mol. The molecule has 1 atom stereocenters. The maximum atomic E-state index is 13.9. The minimum Gasteiger partial charge on any atom is -0.494 e. The molecule has 0 unspecified atom stereocenters. The standard InChI is InChI=1S/C28H30Cl3N3O5S/c1-4-32-28(36)19(3)33(17-24-25(30)7-6-8-26(24)31)27(35)18-34(21-11-13-22(14-12-21)39-5-2)40(37,38)23-15-9-20(29)10-16-23/h6-16,19H,4-5,17-18H2,1-3H3,(H,32,36)/t19-/m0/s1. The van der Waals surface area contributed by atoms with E-state index in [-0.39, 0.29) is 17.1 Å². The van der Waals surface area contributed by atoms with Crippen LogP contribution in [0.15, 0.2) is 71.6 Å². The summed E-state index contributed by atoms with van der Waals surface area (Å²) in [6, 6.07) is 15.9. The maximum absolute atomic E-state index is 13.9. The molecule has 3 rings (SSSR count). The lowest BCUT2D eigenvalue weighted by molar-refractivity contribution is -0.139. The van der Waals surface area contributed by atoms with Crippen LogP contribution in [-0.2, 0) is 26.2 Å². The largest absolute Gasteiger partial charge is 0.494 e. The molecule has 214 valence electrons. The number of likely N-dealkylation sites (N-methyl/N-ethyl adjacent to an activating group) is 1. The fraction of sp³-hybridized carbons (Fsp3) is 0.286. The zero-order valence-electron chi connectivity index (χ0n) is 22.2. The van der Waals surface area contributed by atoms with Crippen molar-refractivity contribution in [3.05, 3.63) is 87.4 Å². The summed E-state index contributed by atoms with van der Waals surface area (Å²) >= 11 is 18.7. The van der Waals surface area contributed by atoms with Gasteiger partial charge >= 0.3 is 0 Å². The SMILES string of the molecule is CCNC(=O)[C@H](C)N(Cc1c(Cl)cccc1Cl)C(=O)CN(c1ccc(OCC)cc1)S(=O)(=O)c1ccc(Cl)cc1. The van der Waals surface area contributed by atoms with Crippen LogP contribution in [-0.4, -0.2) is 50.9 Å². The van der Waals surface area contributed by atoms with E-state index in [0.717, 1.165) is 4.31 Å². The summed E-state index contributed by atoms with van der Waals surface area (Å²) in [5.74, 6) is -0.505. The molecule has 0 heterocycles. The molecule has 0 aliphatic rings. The number of nitrogens with zero attached hydrogens (tertiary/aromatic N) is 2. The number of rotatable bonds is 12. The normalized spacial score (nSPS) is 11.9. The molecule has 2 amide bonds. The molecule has 3 aromatic carbocycles. The highest BCUT2D eigenvalue weighted by Gasteiger charge is 2.33. The molecule has 1 N–H and O–H groups in total. The summed E-state index contributed by atoms with van der Waals surface area (Å²) in [6.45, 7) is 5.21. The summed E-state index contributed by atoms with van der Waals surface area (Å²) in [4.78, 5) is 27.9. The van der Waals surface area contributed by atoms with Crippen molar-refractivity contribution in [2.24, 2.45) is 0 Å². The molecule has 0 spiro atoms. The number of halogens is 3. The van der Waals surface area contributed by atoms with Gasteiger partial charge in [0, 0.05) is 33.7 Å². The van der Waals surface area contributed by atoms with Crippen molar-refractivity contribution in [3.8, 4) is 5.75 Å². The third-order valence-electron chi connectivity index (χ3n) is 6.02. The van der Waals surface area contributed by atoms with Gasteiger partial charge in [-0.25, -0.2) is 8.42 Å². The lowest BCUT2D eigenvalue weighted by atomic mass is 10.1. The van der Waals surface area contributed by atoms with E-state index in [1.54, 1.807) is 56.3 Å². The number of sulfonamides is 1. The highest BCUT2D eigenvalue weighted by molar-refractivity contribution is 7.92. The summed E-state index contributed by atoms with van der Waals surface area (Å²) in [6.07, 6.45) is 0. The van der Waals surface area contributed by atoms with Gasteiger partial charge in [0.25, 0.3) is 10.0 Å². The third-order valence-corrected chi connectivity index (χ3v) is 8.77. The Bertz CT molecular complexity index is 1410. The van der Waals surface area contributed by atoms with Gasteiger partial charge in [-0.2, -0.15) is 0 Å². The van der Waals surface area contributed by atoms with E-state index in [0.29, 0.717) is 39.5 Å². The number of hydrogen-bond acceptors (Lipinski definition) is 5. The minimum atomic E-state index is -4.24.